The highest BCUT2D eigenvalue weighted by Gasteiger charge is 2.49. The van der Waals surface area contributed by atoms with Crippen LogP contribution in [0.2, 0.25) is 5.02 Å². The smallest absolute Gasteiger partial charge is 0.327 e. The first-order valence-electron chi connectivity index (χ1n) is 11.3. The van der Waals surface area contributed by atoms with Gasteiger partial charge in [-0.3, -0.25) is 14.5 Å². The van der Waals surface area contributed by atoms with Gasteiger partial charge in [0.2, 0.25) is 11.8 Å². The molecule has 2 fully saturated rings. The molecule has 33 heavy (non-hydrogen) atoms. The van der Waals surface area contributed by atoms with Gasteiger partial charge in [0.1, 0.15) is 0 Å². The second kappa shape index (κ2) is 10.2. The lowest BCUT2D eigenvalue weighted by Gasteiger charge is -2.48. The van der Waals surface area contributed by atoms with Crippen molar-refractivity contribution >= 4 is 29.4 Å². The van der Waals surface area contributed by atoms with Gasteiger partial charge in [0.05, 0.1) is 5.92 Å². The maximum atomic E-state index is 13.3. The summed E-state index contributed by atoms with van der Waals surface area (Å²) >= 11 is 6.02. The van der Waals surface area contributed by atoms with Gasteiger partial charge in [0, 0.05) is 36.6 Å². The molecular weight excluding hydrogens is 438 g/mol. The van der Waals surface area contributed by atoms with Crippen LogP contribution in [0.5, 0.6) is 0 Å². The minimum atomic E-state index is -0.332. The molecule has 3 unspecified atom stereocenters. The molecule has 0 spiro atoms. The van der Waals surface area contributed by atoms with Crippen molar-refractivity contribution in [2.75, 3.05) is 6.54 Å². The summed E-state index contributed by atoms with van der Waals surface area (Å²) in [5, 5.41) is 3.64. The van der Waals surface area contributed by atoms with Crippen molar-refractivity contribution in [2.24, 2.45) is 11.8 Å². The number of hydrogen-bond donors (Lipinski definition) is 1. The van der Waals surface area contributed by atoms with Crippen LogP contribution in [-0.4, -0.2) is 40.2 Å². The molecule has 1 N–H and O–H groups in total. The standard InChI is InChI=1S/C26H28ClN3O3/c1-2-14-29-25(32)22-13-10-20(24(31)28-16-18-6-4-3-5-7-18)15-23(22)30(26(29)33)17-19-8-11-21(27)12-9-19/h2-9,11-12,20,22-23H,1,10,13-17H2,(H,28,31). The molecule has 1 saturated carbocycles. The molecule has 2 aliphatic rings. The predicted octanol–water partition coefficient (Wildman–Crippen LogP) is 4.39. The lowest BCUT2D eigenvalue weighted by molar-refractivity contribution is -0.143. The Balaban J connectivity index is 1.51. The minimum Gasteiger partial charge on any atom is -0.352 e. The summed E-state index contributed by atoms with van der Waals surface area (Å²) < 4.78 is 0. The van der Waals surface area contributed by atoms with Crippen molar-refractivity contribution in [3.63, 3.8) is 0 Å². The molecule has 4 rings (SSSR count). The monoisotopic (exact) mass is 465 g/mol. The second-order valence-corrected chi connectivity index (χ2v) is 9.10. The maximum Gasteiger partial charge on any atom is 0.327 e. The van der Waals surface area contributed by atoms with E-state index in [0.717, 1.165) is 11.1 Å². The fourth-order valence-electron chi connectivity index (χ4n) is 4.81. The zero-order valence-electron chi connectivity index (χ0n) is 18.5. The highest BCUT2D eigenvalue weighted by molar-refractivity contribution is 6.30. The Morgan fingerprint density at radius 1 is 1.06 bits per heavy atom. The van der Waals surface area contributed by atoms with Gasteiger partial charge in [-0.2, -0.15) is 0 Å². The third-order valence-electron chi connectivity index (χ3n) is 6.53. The van der Waals surface area contributed by atoms with E-state index in [-0.39, 0.29) is 42.3 Å². The van der Waals surface area contributed by atoms with Crippen LogP contribution < -0.4 is 5.32 Å². The molecule has 7 heteroatoms. The van der Waals surface area contributed by atoms with Gasteiger partial charge >= 0.3 is 6.03 Å². The summed E-state index contributed by atoms with van der Waals surface area (Å²) in [7, 11) is 0. The van der Waals surface area contributed by atoms with E-state index >= 15 is 0 Å². The third-order valence-corrected chi connectivity index (χ3v) is 6.79. The van der Waals surface area contributed by atoms with Gasteiger partial charge in [-0.05, 0) is 42.5 Å². The number of benzene rings is 2. The summed E-state index contributed by atoms with van der Waals surface area (Å²) in [5.41, 5.74) is 1.96. The average molecular weight is 466 g/mol. The van der Waals surface area contributed by atoms with Crippen LogP contribution in [0.1, 0.15) is 30.4 Å². The average Bonchev–Trinajstić information content (AvgIpc) is 2.84. The number of halogens is 1. The van der Waals surface area contributed by atoms with Crippen LogP contribution in [0.3, 0.4) is 0 Å². The Morgan fingerprint density at radius 2 is 1.79 bits per heavy atom. The second-order valence-electron chi connectivity index (χ2n) is 8.66. The first kappa shape index (κ1) is 23.1. The predicted molar refractivity (Wildman–Crippen MR) is 127 cm³/mol. The van der Waals surface area contributed by atoms with Crippen LogP contribution in [0.4, 0.5) is 4.79 Å². The first-order chi connectivity index (χ1) is 16.0. The number of amides is 4. The number of urea groups is 1. The molecule has 1 aliphatic carbocycles. The highest BCUT2D eigenvalue weighted by atomic mass is 35.5. The van der Waals surface area contributed by atoms with E-state index in [9.17, 15) is 14.4 Å². The Labute approximate surface area is 199 Å². The Bertz CT molecular complexity index is 1020. The van der Waals surface area contributed by atoms with Crippen molar-refractivity contribution in [2.45, 2.75) is 38.4 Å². The van der Waals surface area contributed by atoms with Crippen LogP contribution in [0, 0.1) is 11.8 Å². The van der Waals surface area contributed by atoms with Crippen LogP contribution in [0.15, 0.2) is 67.3 Å². The lowest BCUT2D eigenvalue weighted by Crippen LogP contribution is -2.63. The summed E-state index contributed by atoms with van der Waals surface area (Å²) in [4.78, 5) is 42.4. The SMILES string of the molecule is C=CCN1C(=O)C2CCC(C(=O)NCc3ccccc3)CC2N(Cc2ccc(Cl)cc2)C1=O. The van der Waals surface area contributed by atoms with Crippen LogP contribution in [-0.2, 0) is 22.7 Å². The molecule has 3 atom stereocenters. The van der Waals surface area contributed by atoms with E-state index in [1.165, 1.54) is 4.90 Å². The quantitative estimate of drug-likeness (QED) is 0.616. The zero-order valence-corrected chi connectivity index (χ0v) is 19.2. The summed E-state index contributed by atoms with van der Waals surface area (Å²) in [6.07, 6.45) is 3.24. The molecule has 172 valence electrons. The topological polar surface area (TPSA) is 69.7 Å². The van der Waals surface area contributed by atoms with Crippen LogP contribution in [0.25, 0.3) is 0 Å². The molecule has 4 amide bonds. The number of carbonyl (C=O) groups is 3. The zero-order chi connectivity index (χ0) is 23.4. The van der Waals surface area contributed by atoms with E-state index < -0.39 is 0 Å². The van der Waals surface area contributed by atoms with E-state index in [4.69, 9.17) is 11.6 Å². The molecule has 0 bridgehead atoms. The molecule has 2 aromatic carbocycles. The molecule has 2 aromatic rings. The van der Waals surface area contributed by atoms with Gasteiger partial charge < -0.3 is 10.2 Å². The summed E-state index contributed by atoms with van der Waals surface area (Å²) in [5.74, 6) is -0.750. The number of imide groups is 1. The van der Waals surface area contributed by atoms with Crippen molar-refractivity contribution < 1.29 is 14.4 Å². The molecule has 6 nitrogen and oxygen atoms in total. The van der Waals surface area contributed by atoms with E-state index in [1.807, 2.05) is 42.5 Å². The number of rotatable bonds is 7. The highest BCUT2D eigenvalue weighted by Crippen LogP contribution is 2.38. The molecule has 1 saturated heterocycles. The minimum absolute atomic E-state index is 0.0304. The fourth-order valence-corrected chi connectivity index (χ4v) is 4.93. The number of nitrogens with zero attached hydrogens (tertiary/aromatic N) is 2. The third kappa shape index (κ3) is 5.11. The first-order valence-corrected chi connectivity index (χ1v) is 11.6. The maximum absolute atomic E-state index is 13.3. The fraction of sp³-hybridized carbons (Fsp3) is 0.346. The molecule has 0 radical (unpaired) electrons. The summed E-state index contributed by atoms with van der Waals surface area (Å²) in [6.45, 7) is 4.69. The molecule has 0 aromatic heterocycles. The van der Waals surface area contributed by atoms with E-state index in [0.29, 0.717) is 37.4 Å². The van der Waals surface area contributed by atoms with Crippen molar-refractivity contribution in [3.05, 3.63) is 83.4 Å². The number of carbonyl (C=O) groups excluding carboxylic acids is 3. The van der Waals surface area contributed by atoms with Gasteiger partial charge in [-0.25, -0.2) is 4.79 Å². The number of hydrogen-bond acceptors (Lipinski definition) is 3. The van der Waals surface area contributed by atoms with Crippen molar-refractivity contribution in [3.8, 4) is 0 Å². The van der Waals surface area contributed by atoms with E-state index in [1.54, 1.807) is 23.1 Å². The molecular formula is C26H28ClN3O3. The normalized spacial score (nSPS) is 22.6. The number of fused-ring (bicyclic) bond motifs is 1. The molecule has 1 aliphatic heterocycles. The van der Waals surface area contributed by atoms with Gasteiger partial charge in [0.25, 0.3) is 0 Å². The Kier molecular flexibility index (Phi) is 7.14. The Morgan fingerprint density at radius 3 is 2.48 bits per heavy atom. The summed E-state index contributed by atoms with van der Waals surface area (Å²) in [6, 6.07) is 16.4. The van der Waals surface area contributed by atoms with Gasteiger partial charge in [-0.15, -0.1) is 6.58 Å². The van der Waals surface area contributed by atoms with Crippen LogP contribution >= 0.6 is 11.6 Å². The van der Waals surface area contributed by atoms with Crippen molar-refractivity contribution in [1.29, 1.82) is 0 Å². The van der Waals surface area contributed by atoms with Crippen molar-refractivity contribution in [1.82, 2.24) is 15.1 Å². The van der Waals surface area contributed by atoms with Gasteiger partial charge in [0.15, 0.2) is 0 Å². The number of nitrogens with one attached hydrogen (secondary N) is 1. The van der Waals surface area contributed by atoms with Gasteiger partial charge in [-0.1, -0.05) is 60.1 Å². The molecule has 1 heterocycles. The largest absolute Gasteiger partial charge is 0.352 e. The van der Waals surface area contributed by atoms with E-state index in [2.05, 4.69) is 11.9 Å². The Hall–Kier alpha value is -3.12. The lowest BCUT2D eigenvalue weighted by atomic mass is 9.75.